The third-order valence-electron chi connectivity index (χ3n) is 4.37. The summed E-state index contributed by atoms with van der Waals surface area (Å²) in [7, 11) is 1.53. The van der Waals surface area contributed by atoms with Gasteiger partial charge in [0.05, 0.1) is 17.4 Å². The van der Waals surface area contributed by atoms with Crippen LogP contribution < -0.4 is 20.6 Å². The Morgan fingerprint density at radius 3 is 2.58 bits per heavy atom. The fourth-order valence-electron chi connectivity index (χ4n) is 2.85. The molecule has 3 aromatic rings. The molecule has 0 aliphatic rings. The number of aryl methyl sites for hydroxylation is 2. The number of aromatic nitrogens is 3. The highest BCUT2D eigenvalue weighted by Gasteiger charge is 2.20. The lowest BCUT2D eigenvalue weighted by molar-refractivity contribution is -0.115. The van der Waals surface area contributed by atoms with Crippen molar-refractivity contribution >= 4 is 35.0 Å². The van der Waals surface area contributed by atoms with Crippen LogP contribution in [0.2, 0.25) is 5.02 Å². The number of rotatable bonds is 8. The number of carbonyl (C=O) groups excluding carboxylic acids is 1. The van der Waals surface area contributed by atoms with E-state index in [9.17, 15) is 4.79 Å². The van der Waals surface area contributed by atoms with E-state index in [0.717, 1.165) is 16.9 Å². The molecule has 164 valence electrons. The Bertz CT molecular complexity index is 1070. The van der Waals surface area contributed by atoms with Crippen LogP contribution in [-0.2, 0) is 11.4 Å². The Labute approximate surface area is 190 Å². The number of hydrogen-bond donors (Lipinski definition) is 2. The van der Waals surface area contributed by atoms with E-state index in [4.69, 9.17) is 26.9 Å². The maximum atomic E-state index is 12.5. The number of methoxy groups -OCH3 is 1. The van der Waals surface area contributed by atoms with Gasteiger partial charge in [-0.15, -0.1) is 10.2 Å². The lowest BCUT2D eigenvalue weighted by atomic mass is 10.1. The van der Waals surface area contributed by atoms with Crippen molar-refractivity contribution in [2.75, 3.05) is 18.3 Å². The lowest BCUT2D eigenvalue weighted by Gasteiger charge is -2.12. The Balaban J connectivity index is 1.60. The molecule has 0 spiro atoms. The first-order valence-corrected chi connectivity index (χ1v) is 10.7. The zero-order chi connectivity index (χ0) is 22.5. The van der Waals surface area contributed by atoms with E-state index < -0.39 is 5.25 Å². The first kappa shape index (κ1) is 22.8. The van der Waals surface area contributed by atoms with E-state index >= 15 is 0 Å². The third-order valence-corrected chi connectivity index (χ3v) is 5.72. The van der Waals surface area contributed by atoms with Gasteiger partial charge < -0.3 is 20.6 Å². The molecule has 0 saturated heterocycles. The summed E-state index contributed by atoms with van der Waals surface area (Å²) in [4.78, 5) is 12.5. The minimum absolute atomic E-state index is 0.165. The Kier molecular flexibility index (Phi) is 7.29. The molecule has 0 saturated carbocycles. The molecule has 8 nitrogen and oxygen atoms in total. The zero-order valence-electron chi connectivity index (χ0n) is 17.7. The molecule has 1 amide bonds. The second kappa shape index (κ2) is 9.93. The van der Waals surface area contributed by atoms with Crippen LogP contribution in [0, 0.1) is 13.8 Å². The van der Waals surface area contributed by atoms with Gasteiger partial charge in [0.15, 0.2) is 5.82 Å². The highest BCUT2D eigenvalue weighted by molar-refractivity contribution is 8.00. The number of nitrogens with one attached hydrogen (secondary N) is 1. The van der Waals surface area contributed by atoms with Crippen LogP contribution in [0.3, 0.4) is 0 Å². The molecule has 0 aliphatic carbocycles. The van der Waals surface area contributed by atoms with Gasteiger partial charge in [0, 0.05) is 5.69 Å². The summed E-state index contributed by atoms with van der Waals surface area (Å²) in [5.74, 6) is 7.62. The summed E-state index contributed by atoms with van der Waals surface area (Å²) < 4.78 is 12.2. The summed E-state index contributed by atoms with van der Waals surface area (Å²) >= 11 is 7.30. The lowest BCUT2D eigenvalue weighted by Crippen LogP contribution is -2.24. The van der Waals surface area contributed by atoms with E-state index in [-0.39, 0.29) is 12.5 Å². The normalized spacial score (nSPS) is 11.8. The predicted molar refractivity (Wildman–Crippen MR) is 122 cm³/mol. The second-order valence-electron chi connectivity index (χ2n) is 6.98. The first-order chi connectivity index (χ1) is 14.8. The standard InChI is InChI=1S/C21H24ClN5O3S/c1-12-7-13(2)9-16(8-12)30-11-19-25-26-21(27(19)23)31-14(3)20(28)24-15-5-6-18(29-4)17(22)10-15/h5-10,14H,11,23H2,1-4H3,(H,24,28). The number of carbonyl (C=O) groups is 1. The van der Waals surface area contributed by atoms with Crippen molar-refractivity contribution in [2.45, 2.75) is 37.8 Å². The maximum Gasteiger partial charge on any atom is 0.237 e. The number of nitrogen functional groups attached to an aromatic ring is 1. The first-order valence-electron chi connectivity index (χ1n) is 9.48. The van der Waals surface area contributed by atoms with E-state index in [1.807, 2.05) is 26.0 Å². The Morgan fingerprint density at radius 1 is 1.23 bits per heavy atom. The van der Waals surface area contributed by atoms with Crippen LogP contribution in [0.4, 0.5) is 5.69 Å². The Morgan fingerprint density at radius 2 is 1.94 bits per heavy atom. The van der Waals surface area contributed by atoms with E-state index in [1.54, 1.807) is 25.1 Å². The largest absolute Gasteiger partial charge is 0.495 e. The molecule has 1 unspecified atom stereocenters. The van der Waals surface area contributed by atoms with Crippen LogP contribution in [0.15, 0.2) is 41.6 Å². The van der Waals surface area contributed by atoms with Crippen LogP contribution in [0.5, 0.6) is 11.5 Å². The molecule has 0 fully saturated rings. The minimum atomic E-state index is -0.472. The molecule has 0 aliphatic heterocycles. The number of halogens is 1. The average molecular weight is 462 g/mol. The summed E-state index contributed by atoms with van der Waals surface area (Å²) in [6.07, 6.45) is 0. The Hall–Kier alpha value is -2.91. The fraction of sp³-hybridized carbons (Fsp3) is 0.286. The number of amides is 1. The highest BCUT2D eigenvalue weighted by atomic mass is 35.5. The van der Waals surface area contributed by atoms with Gasteiger partial charge >= 0.3 is 0 Å². The number of thioether (sulfide) groups is 1. The number of ether oxygens (including phenoxy) is 2. The highest BCUT2D eigenvalue weighted by Crippen LogP contribution is 2.28. The van der Waals surface area contributed by atoms with Crippen LogP contribution >= 0.6 is 23.4 Å². The fourth-order valence-corrected chi connectivity index (χ4v) is 3.90. The molecule has 2 aromatic carbocycles. The quantitative estimate of drug-likeness (QED) is 0.386. The van der Waals surface area contributed by atoms with Crippen molar-refractivity contribution in [2.24, 2.45) is 0 Å². The molecule has 1 atom stereocenters. The van der Waals surface area contributed by atoms with E-state index in [1.165, 1.54) is 23.5 Å². The van der Waals surface area contributed by atoms with Crippen LogP contribution in [0.1, 0.15) is 23.9 Å². The van der Waals surface area contributed by atoms with Gasteiger partial charge in [-0.3, -0.25) is 4.79 Å². The summed E-state index contributed by atoms with van der Waals surface area (Å²) in [6.45, 7) is 5.93. The number of benzene rings is 2. The maximum absolute atomic E-state index is 12.5. The molecule has 1 aromatic heterocycles. The van der Waals surface area contributed by atoms with Crippen molar-refractivity contribution in [3.63, 3.8) is 0 Å². The third kappa shape index (κ3) is 5.83. The topological polar surface area (TPSA) is 104 Å². The van der Waals surface area contributed by atoms with Gasteiger partial charge in [-0.2, -0.15) is 0 Å². The predicted octanol–water partition coefficient (Wildman–Crippen LogP) is 3.97. The summed E-state index contributed by atoms with van der Waals surface area (Å²) in [5, 5.41) is 11.3. The van der Waals surface area contributed by atoms with Crippen molar-refractivity contribution in [3.8, 4) is 11.5 Å². The smallest absolute Gasteiger partial charge is 0.237 e. The molecular weight excluding hydrogens is 438 g/mol. The molecule has 3 N–H and O–H groups in total. The van der Waals surface area contributed by atoms with E-state index in [2.05, 4.69) is 21.6 Å². The van der Waals surface area contributed by atoms with Gasteiger partial charge in [0.25, 0.3) is 0 Å². The van der Waals surface area contributed by atoms with Crippen molar-refractivity contribution in [1.82, 2.24) is 14.9 Å². The number of nitrogens with zero attached hydrogens (tertiary/aromatic N) is 3. The van der Waals surface area contributed by atoms with Gasteiger partial charge in [0.1, 0.15) is 18.1 Å². The molecule has 0 radical (unpaired) electrons. The minimum Gasteiger partial charge on any atom is -0.495 e. The van der Waals surface area contributed by atoms with Gasteiger partial charge in [-0.05, 0) is 62.2 Å². The molecule has 1 heterocycles. The molecule has 3 rings (SSSR count). The zero-order valence-corrected chi connectivity index (χ0v) is 19.3. The second-order valence-corrected chi connectivity index (χ2v) is 8.69. The molecule has 31 heavy (non-hydrogen) atoms. The van der Waals surface area contributed by atoms with Gasteiger partial charge in [-0.25, -0.2) is 4.68 Å². The van der Waals surface area contributed by atoms with Gasteiger partial charge in [0.2, 0.25) is 11.1 Å². The average Bonchev–Trinajstić information content (AvgIpc) is 3.05. The number of nitrogens with two attached hydrogens (primary N) is 1. The molecule has 0 bridgehead atoms. The van der Waals surface area contributed by atoms with Crippen molar-refractivity contribution in [1.29, 1.82) is 0 Å². The monoisotopic (exact) mass is 461 g/mol. The SMILES string of the molecule is COc1ccc(NC(=O)C(C)Sc2nnc(COc3cc(C)cc(C)c3)n2N)cc1Cl. The van der Waals surface area contributed by atoms with Gasteiger partial charge in [-0.1, -0.05) is 29.4 Å². The van der Waals surface area contributed by atoms with Crippen molar-refractivity contribution < 1.29 is 14.3 Å². The summed E-state index contributed by atoms with van der Waals surface area (Å²) in [5.41, 5.74) is 2.79. The van der Waals surface area contributed by atoms with Crippen molar-refractivity contribution in [3.05, 3.63) is 58.4 Å². The summed E-state index contributed by atoms with van der Waals surface area (Å²) in [6, 6.07) is 11.0. The number of hydrogen-bond acceptors (Lipinski definition) is 7. The number of anilines is 1. The molecular formula is C21H24ClN5O3S. The van der Waals surface area contributed by atoms with Crippen LogP contribution in [-0.4, -0.2) is 33.1 Å². The van der Waals surface area contributed by atoms with Crippen LogP contribution in [0.25, 0.3) is 0 Å². The molecule has 10 heteroatoms. The van der Waals surface area contributed by atoms with E-state index in [0.29, 0.717) is 27.4 Å².